The number of carbonyl (C=O) groups is 4. The lowest BCUT2D eigenvalue weighted by atomic mass is 9.78. The highest BCUT2D eigenvalue weighted by atomic mass is 35.5. The van der Waals surface area contributed by atoms with Gasteiger partial charge in [-0.3, -0.25) is 43.9 Å². The molecule has 0 spiro atoms. The minimum Gasteiger partial charge on any atom is -0.487 e. The molecule has 5 aliphatic heterocycles. The zero-order valence-electron chi connectivity index (χ0n) is 34.0. The van der Waals surface area contributed by atoms with Gasteiger partial charge in [0, 0.05) is 72.3 Å². The lowest BCUT2D eigenvalue weighted by Crippen LogP contribution is -2.70. The van der Waals surface area contributed by atoms with E-state index < -0.39 is 23.8 Å². The number of carbonyl (C=O) groups excluding carboxylic acids is 4. The predicted octanol–water partition coefficient (Wildman–Crippen LogP) is 5.41. The van der Waals surface area contributed by atoms with E-state index >= 15 is 0 Å². The number of likely N-dealkylation sites (tertiary alicyclic amines) is 2. The van der Waals surface area contributed by atoms with Crippen LogP contribution in [0.25, 0.3) is 0 Å². The van der Waals surface area contributed by atoms with Crippen molar-refractivity contribution in [3.8, 4) is 11.8 Å². The lowest BCUT2D eigenvalue weighted by molar-refractivity contribution is -0.136. The Labute approximate surface area is 363 Å². The van der Waals surface area contributed by atoms with Gasteiger partial charge in [0.25, 0.3) is 11.8 Å². The second-order valence-corrected chi connectivity index (χ2v) is 18.5. The van der Waals surface area contributed by atoms with Gasteiger partial charge in [-0.1, -0.05) is 37.6 Å². The second-order valence-electron chi connectivity index (χ2n) is 16.9. The number of benzene rings is 3. The number of rotatable bonds is 12. The molecule has 1 atom stereocenters. The molecule has 0 aliphatic carbocycles. The number of hydrogen-bond acceptors (Lipinski definition) is 13. The molecule has 4 saturated heterocycles. The molecule has 6 heterocycles. The third-order valence-electron chi connectivity index (χ3n) is 12.8. The first kappa shape index (κ1) is 40.9. The van der Waals surface area contributed by atoms with Crippen molar-refractivity contribution in [1.29, 1.82) is 5.26 Å². The number of halogens is 1. The molecule has 3 aromatic carbocycles. The van der Waals surface area contributed by atoms with E-state index in [-0.39, 0.29) is 24.2 Å². The number of piperidine rings is 2. The molecule has 2 N–H and O–H groups in total. The van der Waals surface area contributed by atoms with Crippen molar-refractivity contribution in [2.75, 3.05) is 48.9 Å². The average Bonchev–Trinajstić information content (AvgIpc) is 3.47. The average molecular weight is 860 g/mol. The van der Waals surface area contributed by atoms with Crippen LogP contribution in [0.15, 0.2) is 72.9 Å². The van der Waals surface area contributed by atoms with E-state index in [4.69, 9.17) is 16.3 Å². The Morgan fingerprint density at radius 2 is 1.62 bits per heavy atom. The number of nitrogens with one attached hydrogen (secondary N) is 2. The van der Waals surface area contributed by atoms with Gasteiger partial charge in [0.05, 0.1) is 28.5 Å². The molecule has 314 valence electrons. The third kappa shape index (κ3) is 8.29. The highest BCUT2D eigenvalue weighted by Gasteiger charge is 2.46. The molecule has 1 unspecified atom stereocenters. The van der Waals surface area contributed by atoms with E-state index in [0.717, 1.165) is 85.3 Å². The molecule has 9 rings (SSSR count). The molecule has 0 radical (unpaired) electrons. The normalized spacial score (nSPS) is 20.5. The molecule has 0 bridgehead atoms. The van der Waals surface area contributed by atoms with Crippen LogP contribution < -0.4 is 19.7 Å². The molecule has 4 fully saturated rings. The van der Waals surface area contributed by atoms with Crippen molar-refractivity contribution >= 4 is 58.8 Å². The van der Waals surface area contributed by atoms with Gasteiger partial charge in [-0.15, -0.1) is 0 Å². The molecule has 16 heteroatoms. The zero-order valence-corrected chi connectivity index (χ0v) is 35.5. The van der Waals surface area contributed by atoms with Gasteiger partial charge in [-0.05, 0) is 110 Å². The molecule has 0 saturated carbocycles. The number of ether oxygens (including phenoxy) is 1. The van der Waals surface area contributed by atoms with Crippen molar-refractivity contribution in [3.63, 3.8) is 0 Å². The van der Waals surface area contributed by atoms with Gasteiger partial charge in [0.15, 0.2) is 0 Å². The summed E-state index contributed by atoms with van der Waals surface area (Å²) >= 11 is 7.99. The summed E-state index contributed by atoms with van der Waals surface area (Å²) in [5.74, 6) is -0.645. The molecule has 4 aromatic rings. The highest BCUT2D eigenvalue weighted by Crippen LogP contribution is 2.36. The number of hydrogen-bond donors (Lipinski definition) is 2. The maximum Gasteiger partial charge on any atom is 0.262 e. The maximum absolute atomic E-state index is 13.3. The van der Waals surface area contributed by atoms with Crippen LogP contribution in [0.4, 0.5) is 11.6 Å². The highest BCUT2D eigenvalue weighted by molar-refractivity contribution is 8.01. The van der Waals surface area contributed by atoms with E-state index in [1.165, 1.54) is 0 Å². The standard InChI is InChI=1S/C45H46ClN9O5S/c1-45(2,29-17-27(21-47)18-30(46)19-29)28-3-6-35(7-4-28)60-26-31-11-14-48-44(49-31)51-61-36-12-15-52(16-13-36)33-22-54(23-33)34-24-53(25-34)32-5-8-37-38(20-32)43(59)55(42(37)58)39-9-10-40(56)50-41(39)57/h3-8,11,14,17-20,33-34,36,39H,9-10,12-13,15-16,22-26H2,1-2H3,(H,48,49,51)(H,50,56,57). The molecule has 14 nitrogen and oxygen atoms in total. The number of aromatic nitrogens is 2. The predicted molar refractivity (Wildman–Crippen MR) is 231 cm³/mol. The largest absolute Gasteiger partial charge is 0.487 e. The first-order valence-corrected chi connectivity index (χ1v) is 22.0. The zero-order chi connectivity index (χ0) is 42.4. The van der Waals surface area contributed by atoms with E-state index in [2.05, 4.69) is 54.6 Å². The number of imide groups is 2. The SMILES string of the molecule is CC(C)(c1ccc(OCc2ccnc(NSC3CCN(C4CN(C5CN(c6ccc7c(c6)C(=O)N(C6CCC(=O)NC6=O)C7=O)C5)C4)CC3)n2)cc1)c1cc(Cl)cc(C#N)c1. The Hall–Kier alpha value is -5.53. The number of nitriles is 1. The summed E-state index contributed by atoms with van der Waals surface area (Å²) in [6, 6.07) is 22.9. The van der Waals surface area contributed by atoms with Crippen LogP contribution in [-0.4, -0.2) is 111 Å². The van der Waals surface area contributed by atoms with Crippen LogP contribution in [0.5, 0.6) is 5.75 Å². The summed E-state index contributed by atoms with van der Waals surface area (Å²) in [4.78, 5) is 67.9. The molecular weight excluding hydrogens is 814 g/mol. The quantitative estimate of drug-likeness (QED) is 0.138. The Balaban J connectivity index is 0.686. The van der Waals surface area contributed by atoms with Crippen molar-refractivity contribution in [1.82, 2.24) is 30.0 Å². The van der Waals surface area contributed by atoms with Gasteiger partial charge < -0.3 is 9.64 Å². The van der Waals surface area contributed by atoms with Crippen LogP contribution in [0, 0.1) is 11.3 Å². The smallest absolute Gasteiger partial charge is 0.262 e. The maximum atomic E-state index is 13.3. The summed E-state index contributed by atoms with van der Waals surface area (Å²) in [6.45, 7) is 10.4. The van der Waals surface area contributed by atoms with E-state index in [1.54, 1.807) is 36.3 Å². The Morgan fingerprint density at radius 3 is 2.36 bits per heavy atom. The second kappa shape index (κ2) is 16.7. The Morgan fingerprint density at radius 1 is 0.885 bits per heavy atom. The van der Waals surface area contributed by atoms with Crippen LogP contribution in [0.3, 0.4) is 0 Å². The van der Waals surface area contributed by atoms with E-state index in [0.29, 0.717) is 51.6 Å². The number of anilines is 2. The van der Waals surface area contributed by atoms with E-state index in [9.17, 15) is 24.4 Å². The summed E-state index contributed by atoms with van der Waals surface area (Å²) in [7, 11) is 0. The fourth-order valence-corrected chi connectivity index (χ4v) is 9.95. The first-order valence-electron chi connectivity index (χ1n) is 20.7. The van der Waals surface area contributed by atoms with Gasteiger partial charge in [-0.2, -0.15) is 5.26 Å². The van der Waals surface area contributed by atoms with Crippen molar-refractivity contribution in [2.45, 2.75) is 74.9 Å². The third-order valence-corrected chi connectivity index (χ3v) is 14.1. The summed E-state index contributed by atoms with van der Waals surface area (Å²) in [5.41, 5.74) is 4.53. The van der Waals surface area contributed by atoms with Gasteiger partial charge >= 0.3 is 0 Å². The van der Waals surface area contributed by atoms with Crippen molar-refractivity contribution in [2.24, 2.45) is 0 Å². The van der Waals surface area contributed by atoms with Crippen LogP contribution in [0.2, 0.25) is 5.02 Å². The molecular formula is C45H46ClN9O5S. The van der Waals surface area contributed by atoms with E-state index in [1.807, 2.05) is 48.5 Å². The lowest BCUT2D eigenvalue weighted by Gasteiger charge is -2.55. The fraction of sp³-hybridized carbons (Fsp3) is 0.400. The monoisotopic (exact) mass is 859 g/mol. The van der Waals surface area contributed by atoms with Gasteiger partial charge in [0.1, 0.15) is 18.4 Å². The van der Waals surface area contributed by atoms with Crippen LogP contribution in [0.1, 0.15) is 82.6 Å². The summed E-state index contributed by atoms with van der Waals surface area (Å²) in [6.07, 6.45) is 4.15. The number of nitrogens with zero attached hydrogens (tertiary/aromatic N) is 7. The van der Waals surface area contributed by atoms with Crippen LogP contribution in [-0.2, 0) is 21.6 Å². The first-order chi connectivity index (χ1) is 29.4. The topological polar surface area (TPSA) is 164 Å². The van der Waals surface area contributed by atoms with Crippen LogP contribution >= 0.6 is 23.5 Å². The fourth-order valence-electron chi connectivity index (χ4n) is 8.90. The van der Waals surface area contributed by atoms with Crippen molar-refractivity contribution < 1.29 is 23.9 Å². The minimum atomic E-state index is -0.965. The number of fused-ring (bicyclic) bond motifs is 1. The Bertz CT molecular complexity index is 2420. The molecule has 1 aromatic heterocycles. The minimum absolute atomic E-state index is 0.0970. The molecule has 5 aliphatic rings. The summed E-state index contributed by atoms with van der Waals surface area (Å²) < 4.78 is 9.47. The summed E-state index contributed by atoms with van der Waals surface area (Å²) in [5, 5.41) is 12.6. The van der Waals surface area contributed by atoms with Gasteiger partial charge in [0.2, 0.25) is 17.8 Å². The molecule has 4 amide bonds. The van der Waals surface area contributed by atoms with Gasteiger partial charge in [-0.25, -0.2) is 9.97 Å². The number of amides is 4. The Kier molecular flexibility index (Phi) is 11.2. The molecule has 61 heavy (non-hydrogen) atoms. The van der Waals surface area contributed by atoms with Crippen molar-refractivity contribution in [3.05, 3.63) is 111 Å².